The van der Waals surface area contributed by atoms with Crippen molar-refractivity contribution in [2.24, 2.45) is 0 Å². The first kappa shape index (κ1) is 15.9. The van der Waals surface area contributed by atoms with Crippen molar-refractivity contribution in [3.63, 3.8) is 0 Å². The third-order valence-corrected chi connectivity index (χ3v) is 4.56. The molecule has 25 heavy (non-hydrogen) atoms. The van der Waals surface area contributed by atoms with Gasteiger partial charge in [0, 0.05) is 28.7 Å². The predicted octanol–water partition coefficient (Wildman–Crippen LogP) is 5.76. The van der Waals surface area contributed by atoms with Gasteiger partial charge in [0.25, 0.3) is 0 Å². The second-order valence-corrected chi connectivity index (χ2v) is 6.52. The number of halogens is 2. The van der Waals surface area contributed by atoms with Gasteiger partial charge in [0.1, 0.15) is 11.5 Å². The lowest BCUT2D eigenvalue weighted by atomic mass is 10.1. The third kappa shape index (κ3) is 2.95. The Morgan fingerprint density at radius 2 is 1.92 bits per heavy atom. The van der Waals surface area contributed by atoms with E-state index < -0.39 is 0 Å². The molecule has 1 N–H and O–H groups in total. The van der Waals surface area contributed by atoms with Crippen molar-refractivity contribution in [1.29, 1.82) is 0 Å². The lowest BCUT2D eigenvalue weighted by Gasteiger charge is -2.12. The standard InChI is InChI=1S/C19H14Cl2N4/c1-12-4-2-3-5-16(12)23-19-18(14-7-6-13(20)10-15(14)21)24-17-11-22-8-9-25(17)19/h2-11,23H,1H3. The number of para-hydroxylation sites is 1. The number of benzene rings is 2. The van der Waals surface area contributed by atoms with Gasteiger partial charge in [-0.15, -0.1) is 0 Å². The number of aromatic nitrogens is 3. The molecule has 0 aliphatic rings. The minimum Gasteiger partial charge on any atom is -0.339 e. The Labute approximate surface area is 155 Å². The first-order valence-electron chi connectivity index (χ1n) is 7.73. The number of anilines is 2. The zero-order chi connectivity index (χ0) is 17.4. The maximum Gasteiger partial charge on any atom is 0.157 e. The van der Waals surface area contributed by atoms with Crippen LogP contribution < -0.4 is 5.32 Å². The lowest BCUT2D eigenvalue weighted by Crippen LogP contribution is -1.98. The highest BCUT2D eigenvalue weighted by atomic mass is 35.5. The highest BCUT2D eigenvalue weighted by molar-refractivity contribution is 6.36. The molecule has 4 aromatic rings. The molecular weight excluding hydrogens is 355 g/mol. The van der Waals surface area contributed by atoms with Gasteiger partial charge in [-0.2, -0.15) is 0 Å². The molecular formula is C19H14Cl2N4. The number of nitrogens with zero attached hydrogens (tertiary/aromatic N) is 3. The van der Waals surface area contributed by atoms with Gasteiger partial charge >= 0.3 is 0 Å². The summed E-state index contributed by atoms with van der Waals surface area (Å²) >= 11 is 12.5. The Morgan fingerprint density at radius 1 is 1.08 bits per heavy atom. The summed E-state index contributed by atoms with van der Waals surface area (Å²) in [5, 5.41) is 4.63. The summed E-state index contributed by atoms with van der Waals surface area (Å²) in [5.74, 6) is 0.830. The fourth-order valence-electron chi connectivity index (χ4n) is 2.74. The van der Waals surface area contributed by atoms with Crippen LogP contribution >= 0.6 is 23.2 Å². The van der Waals surface area contributed by atoms with E-state index >= 15 is 0 Å². The van der Waals surface area contributed by atoms with Crippen molar-refractivity contribution >= 4 is 40.4 Å². The topological polar surface area (TPSA) is 42.2 Å². The summed E-state index contributed by atoms with van der Waals surface area (Å²) in [5.41, 5.74) is 4.44. The molecule has 0 aliphatic heterocycles. The Kier molecular flexibility index (Phi) is 4.07. The van der Waals surface area contributed by atoms with Gasteiger partial charge in [0.05, 0.1) is 11.2 Å². The molecule has 0 saturated carbocycles. The monoisotopic (exact) mass is 368 g/mol. The summed E-state index contributed by atoms with van der Waals surface area (Å²) < 4.78 is 1.96. The Hall–Kier alpha value is -2.56. The molecule has 2 heterocycles. The van der Waals surface area contributed by atoms with Crippen LogP contribution in [0.5, 0.6) is 0 Å². The van der Waals surface area contributed by atoms with Crippen molar-refractivity contribution in [1.82, 2.24) is 14.4 Å². The van der Waals surface area contributed by atoms with Gasteiger partial charge in [-0.25, -0.2) is 4.98 Å². The molecule has 4 rings (SSSR count). The minimum absolute atomic E-state index is 0.552. The van der Waals surface area contributed by atoms with E-state index in [1.807, 2.05) is 40.9 Å². The van der Waals surface area contributed by atoms with Gasteiger partial charge in [0.15, 0.2) is 5.65 Å². The van der Waals surface area contributed by atoms with E-state index in [4.69, 9.17) is 28.2 Å². The van der Waals surface area contributed by atoms with Crippen LogP contribution in [0.3, 0.4) is 0 Å². The summed E-state index contributed by atoms with van der Waals surface area (Å²) in [6.07, 6.45) is 5.32. The van der Waals surface area contributed by atoms with E-state index in [0.29, 0.717) is 10.0 Å². The number of hydrogen-bond donors (Lipinski definition) is 1. The maximum atomic E-state index is 6.42. The third-order valence-electron chi connectivity index (χ3n) is 4.01. The first-order chi connectivity index (χ1) is 12.1. The van der Waals surface area contributed by atoms with Gasteiger partial charge in [-0.3, -0.25) is 9.38 Å². The zero-order valence-corrected chi connectivity index (χ0v) is 14.9. The van der Waals surface area contributed by atoms with Crippen molar-refractivity contribution in [2.75, 3.05) is 5.32 Å². The van der Waals surface area contributed by atoms with Gasteiger partial charge in [-0.1, -0.05) is 41.4 Å². The molecule has 0 spiro atoms. The summed E-state index contributed by atoms with van der Waals surface area (Å²) in [4.78, 5) is 8.87. The summed E-state index contributed by atoms with van der Waals surface area (Å²) in [6.45, 7) is 2.06. The average molecular weight is 369 g/mol. The van der Waals surface area contributed by atoms with Crippen LogP contribution in [0.1, 0.15) is 5.56 Å². The van der Waals surface area contributed by atoms with Crippen LogP contribution in [0.2, 0.25) is 10.0 Å². The molecule has 0 aliphatic carbocycles. The van der Waals surface area contributed by atoms with Crippen molar-refractivity contribution < 1.29 is 0 Å². The SMILES string of the molecule is Cc1ccccc1Nc1c(-c2ccc(Cl)cc2Cl)nc2cnccn12. The van der Waals surface area contributed by atoms with E-state index in [2.05, 4.69) is 23.3 Å². The lowest BCUT2D eigenvalue weighted by molar-refractivity contribution is 1.13. The number of fused-ring (bicyclic) bond motifs is 1. The second kappa shape index (κ2) is 6.39. The molecule has 0 fully saturated rings. The second-order valence-electron chi connectivity index (χ2n) is 5.68. The largest absolute Gasteiger partial charge is 0.339 e. The summed E-state index contributed by atoms with van der Waals surface area (Å²) in [6, 6.07) is 13.5. The summed E-state index contributed by atoms with van der Waals surface area (Å²) in [7, 11) is 0. The molecule has 0 unspecified atom stereocenters. The van der Waals surface area contributed by atoms with Crippen LogP contribution in [0.15, 0.2) is 61.1 Å². The first-order valence-corrected chi connectivity index (χ1v) is 8.49. The zero-order valence-electron chi connectivity index (χ0n) is 13.4. The molecule has 4 nitrogen and oxygen atoms in total. The number of imidazole rings is 1. The number of hydrogen-bond acceptors (Lipinski definition) is 3. The Bertz CT molecular complexity index is 1070. The number of nitrogens with one attached hydrogen (secondary N) is 1. The quantitative estimate of drug-likeness (QED) is 0.500. The Morgan fingerprint density at radius 3 is 2.72 bits per heavy atom. The van der Waals surface area contributed by atoms with Crippen LogP contribution in [0.4, 0.5) is 11.5 Å². The van der Waals surface area contributed by atoms with Crippen molar-refractivity contribution in [2.45, 2.75) is 6.92 Å². The molecule has 0 atom stereocenters. The fraction of sp³-hybridized carbons (Fsp3) is 0.0526. The molecule has 2 aromatic carbocycles. The van der Waals surface area contributed by atoms with Gasteiger partial charge in [0.2, 0.25) is 0 Å². The van der Waals surface area contributed by atoms with Crippen LogP contribution in [-0.4, -0.2) is 14.4 Å². The molecule has 2 aromatic heterocycles. The van der Waals surface area contributed by atoms with E-state index in [-0.39, 0.29) is 0 Å². The normalized spacial score (nSPS) is 11.0. The molecule has 0 amide bonds. The van der Waals surface area contributed by atoms with Crippen LogP contribution in [-0.2, 0) is 0 Å². The molecule has 124 valence electrons. The molecule has 0 bridgehead atoms. The fourth-order valence-corrected chi connectivity index (χ4v) is 3.23. The molecule has 0 radical (unpaired) electrons. The Balaban J connectivity index is 1.94. The van der Waals surface area contributed by atoms with E-state index in [1.54, 1.807) is 18.5 Å². The highest BCUT2D eigenvalue weighted by Gasteiger charge is 2.17. The predicted molar refractivity (Wildman–Crippen MR) is 103 cm³/mol. The van der Waals surface area contributed by atoms with Crippen LogP contribution in [0, 0.1) is 6.92 Å². The van der Waals surface area contributed by atoms with E-state index in [9.17, 15) is 0 Å². The number of aryl methyl sites for hydroxylation is 1. The maximum absolute atomic E-state index is 6.42. The molecule has 0 saturated heterocycles. The van der Waals surface area contributed by atoms with E-state index in [0.717, 1.165) is 34.0 Å². The van der Waals surface area contributed by atoms with Crippen molar-refractivity contribution in [3.8, 4) is 11.3 Å². The smallest absolute Gasteiger partial charge is 0.157 e. The highest BCUT2D eigenvalue weighted by Crippen LogP contribution is 2.36. The van der Waals surface area contributed by atoms with Gasteiger partial charge < -0.3 is 5.32 Å². The average Bonchev–Trinajstić information content (AvgIpc) is 2.95. The minimum atomic E-state index is 0.552. The van der Waals surface area contributed by atoms with Gasteiger partial charge in [-0.05, 0) is 36.8 Å². The molecule has 6 heteroatoms. The van der Waals surface area contributed by atoms with E-state index in [1.165, 1.54) is 0 Å². The van der Waals surface area contributed by atoms with Crippen LogP contribution in [0.25, 0.3) is 16.9 Å². The number of rotatable bonds is 3. The van der Waals surface area contributed by atoms with Crippen molar-refractivity contribution in [3.05, 3.63) is 76.7 Å².